The summed E-state index contributed by atoms with van der Waals surface area (Å²) < 4.78 is 13.0. The van der Waals surface area contributed by atoms with E-state index >= 15 is 0 Å². The average molecular weight is 205 g/mol. The van der Waals surface area contributed by atoms with E-state index in [0.717, 1.165) is 0 Å². The van der Waals surface area contributed by atoms with E-state index in [1.165, 1.54) is 12.1 Å². The van der Waals surface area contributed by atoms with Crippen molar-refractivity contribution < 1.29 is 9.23 Å². The van der Waals surface area contributed by atoms with E-state index < -0.39 is 5.82 Å². The molecule has 0 atom stereocenters. The van der Waals surface area contributed by atoms with E-state index in [0.29, 0.717) is 11.3 Å². The van der Waals surface area contributed by atoms with Gasteiger partial charge in [-0.3, -0.25) is 5.01 Å². The summed E-state index contributed by atoms with van der Waals surface area (Å²) in [5.74, 6) is 0.0233. The number of halogens is 1. The lowest BCUT2D eigenvalue weighted by atomic mass is 10.1. The van der Waals surface area contributed by atoms with Crippen LogP contribution in [0.5, 0.6) is 0 Å². The molecule has 0 saturated heterocycles. The molecule has 1 aliphatic heterocycles. The lowest BCUT2D eigenvalue weighted by Gasteiger charge is -2.04. The first kappa shape index (κ1) is 9.49. The van der Waals surface area contributed by atoms with E-state index in [1.54, 1.807) is 30.4 Å². The van der Waals surface area contributed by atoms with Crippen molar-refractivity contribution in [1.29, 1.82) is 5.26 Å². The van der Waals surface area contributed by atoms with Crippen LogP contribution in [0.2, 0.25) is 0 Å². The Hall–Kier alpha value is -2.06. The molecule has 0 aliphatic carbocycles. The van der Waals surface area contributed by atoms with Gasteiger partial charge in [-0.15, -0.1) is 0 Å². The predicted molar refractivity (Wildman–Crippen MR) is 51.1 cm³/mol. The first-order chi connectivity index (χ1) is 7.20. The molecule has 0 amide bonds. The molecule has 0 unspecified atom stereocenters. The van der Waals surface area contributed by atoms with Gasteiger partial charge in [0.05, 0.1) is 11.8 Å². The number of nitriles is 1. The fourth-order valence-corrected chi connectivity index (χ4v) is 1.25. The summed E-state index contributed by atoms with van der Waals surface area (Å²) in [5, 5.41) is 10.3. The summed E-state index contributed by atoms with van der Waals surface area (Å²) >= 11 is 0. The van der Waals surface area contributed by atoms with E-state index in [1.807, 2.05) is 0 Å². The second-order valence-electron chi connectivity index (χ2n) is 3.10. The summed E-state index contributed by atoms with van der Waals surface area (Å²) in [7, 11) is 1.77. The third kappa shape index (κ3) is 1.75. The molecule has 1 N–H and O–H groups in total. The van der Waals surface area contributed by atoms with Gasteiger partial charge in [0.1, 0.15) is 11.9 Å². The van der Waals surface area contributed by atoms with Crippen LogP contribution in [0.1, 0.15) is 11.1 Å². The van der Waals surface area contributed by atoms with Crippen LogP contribution in [-0.4, -0.2) is 12.1 Å². The summed E-state index contributed by atoms with van der Waals surface area (Å²) in [6.07, 6.45) is 1.70. The molecular weight excluding hydrogens is 197 g/mol. The molecule has 0 saturated carbocycles. The highest BCUT2D eigenvalue weighted by molar-refractivity contribution is 5.61. The van der Waals surface area contributed by atoms with Crippen LogP contribution in [0, 0.1) is 17.1 Å². The molecule has 4 nitrogen and oxygen atoms in total. The molecule has 1 aromatic rings. The number of nitrogens with one attached hydrogen (secondary N) is 1. The minimum atomic E-state index is -0.527. The average Bonchev–Trinajstić information content (AvgIpc) is 2.66. The molecule has 0 aromatic heterocycles. The van der Waals surface area contributed by atoms with Crippen LogP contribution >= 0.6 is 0 Å². The largest absolute Gasteiger partial charge is 0.387 e. The molecule has 5 heteroatoms. The number of nitrogens with zero attached hydrogens (tertiary/aromatic N) is 2. The standard InChI is InChI=1S/C10H8FN3O/c1-14-6-10(15-13-14)7-2-3-9(11)8(4-7)5-12/h2-4,6,13H,1H3. The summed E-state index contributed by atoms with van der Waals surface area (Å²) in [6, 6.07) is 6.03. The van der Waals surface area contributed by atoms with Crippen LogP contribution in [0.4, 0.5) is 4.39 Å². The molecule has 0 spiro atoms. The molecule has 15 heavy (non-hydrogen) atoms. The topological polar surface area (TPSA) is 48.3 Å². The zero-order chi connectivity index (χ0) is 10.8. The minimum absolute atomic E-state index is 0.00607. The Labute approximate surface area is 86.1 Å². The van der Waals surface area contributed by atoms with Crippen molar-refractivity contribution in [2.45, 2.75) is 0 Å². The van der Waals surface area contributed by atoms with Gasteiger partial charge in [-0.25, -0.2) is 4.39 Å². The highest BCUT2D eigenvalue weighted by Gasteiger charge is 2.13. The molecule has 1 heterocycles. The predicted octanol–water partition coefficient (Wildman–Crippen LogP) is 1.38. The summed E-state index contributed by atoms with van der Waals surface area (Å²) in [6.45, 7) is 0. The van der Waals surface area contributed by atoms with E-state index in [9.17, 15) is 4.39 Å². The van der Waals surface area contributed by atoms with E-state index in [2.05, 4.69) is 5.59 Å². The summed E-state index contributed by atoms with van der Waals surface area (Å²) in [5.41, 5.74) is 3.25. The molecule has 2 rings (SSSR count). The van der Waals surface area contributed by atoms with Crippen molar-refractivity contribution in [3.63, 3.8) is 0 Å². The number of hydrogen-bond acceptors (Lipinski definition) is 4. The van der Waals surface area contributed by atoms with Gasteiger partial charge in [0.15, 0.2) is 5.76 Å². The zero-order valence-electron chi connectivity index (χ0n) is 7.99. The zero-order valence-corrected chi connectivity index (χ0v) is 7.99. The highest BCUT2D eigenvalue weighted by Crippen LogP contribution is 2.21. The number of hydrazine groups is 1. The Morgan fingerprint density at radius 2 is 2.33 bits per heavy atom. The first-order valence-corrected chi connectivity index (χ1v) is 4.28. The maximum absolute atomic E-state index is 13.0. The first-order valence-electron chi connectivity index (χ1n) is 4.28. The van der Waals surface area contributed by atoms with Crippen molar-refractivity contribution in [3.8, 4) is 6.07 Å². The van der Waals surface area contributed by atoms with Crippen LogP contribution in [-0.2, 0) is 4.84 Å². The Morgan fingerprint density at radius 3 is 2.93 bits per heavy atom. The highest BCUT2D eigenvalue weighted by atomic mass is 19.1. The van der Waals surface area contributed by atoms with Crippen molar-refractivity contribution in [2.24, 2.45) is 0 Å². The molecular formula is C10H8FN3O. The van der Waals surface area contributed by atoms with Gasteiger partial charge in [-0.2, -0.15) is 5.26 Å². The third-order valence-electron chi connectivity index (χ3n) is 1.98. The molecule has 1 aromatic carbocycles. The van der Waals surface area contributed by atoms with Gasteiger partial charge in [-0.05, 0) is 18.2 Å². The van der Waals surface area contributed by atoms with Gasteiger partial charge < -0.3 is 4.84 Å². The Balaban J connectivity index is 2.39. The van der Waals surface area contributed by atoms with Crippen LogP contribution in [0.3, 0.4) is 0 Å². The minimum Gasteiger partial charge on any atom is -0.387 e. The van der Waals surface area contributed by atoms with E-state index in [-0.39, 0.29) is 5.56 Å². The van der Waals surface area contributed by atoms with Crippen molar-refractivity contribution in [1.82, 2.24) is 10.6 Å². The Bertz CT molecular complexity index is 464. The van der Waals surface area contributed by atoms with Gasteiger partial charge >= 0.3 is 0 Å². The number of benzene rings is 1. The lowest BCUT2D eigenvalue weighted by Crippen LogP contribution is -2.22. The van der Waals surface area contributed by atoms with Gasteiger partial charge in [0.2, 0.25) is 0 Å². The normalized spacial score (nSPS) is 14.5. The van der Waals surface area contributed by atoms with E-state index in [4.69, 9.17) is 10.1 Å². The quantitative estimate of drug-likeness (QED) is 0.752. The van der Waals surface area contributed by atoms with Crippen LogP contribution in [0.25, 0.3) is 5.76 Å². The molecule has 0 bridgehead atoms. The second-order valence-corrected chi connectivity index (χ2v) is 3.10. The fourth-order valence-electron chi connectivity index (χ4n) is 1.25. The Morgan fingerprint density at radius 1 is 1.53 bits per heavy atom. The number of rotatable bonds is 1. The summed E-state index contributed by atoms with van der Waals surface area (Å²) in [4.78, 5) is 5.10. The van der Waals surface area contributed by atoms with Crippen molar-refractivity contribution >= 4 is 5.76 Å². The van der Waals surface area contributed by atoms with Gasteiger partial charge in [0.25, 0.3) is 0 Å². The van der Waals surface area contributed by atoms with Gasteiger partial charge in [-0.1, -0.05) is 5.59 Å². The van der Waals surface area contributed by atoms with Crippen molar-refractivity contribution in [3.05, 3.63) is 41.3 Å². The number of hydrogen-bond donors (Lipinski definition) is 1. The van der Waals surface area contributed by atoms with Gasteiger partial charge in [0, 0.05) is 12.6 Å². The lowest BCUT2D eigenvalue weighted by molar-refractivity contribution is 0.0649. The smallest absolute Gasteiger partial charge is 0.174 e. The van der Waals surface area contributed by atoms with Crippen molar-refractivity contribution in [2.75, 3.05) is 7.05 Å². The van der Waals surface area contributed by atoms with Crippen LogP contribution < -0.4 is 5.59 Å². The monoisotopic (exact) mass is 205 g/mol. The Kier molecular flexibility index (Phi) is 2.27. The molecule has 0 fully saturated rings. The van der Waals surface area contributed by atoms with Crippen LogP contribution in [0.15, 0.2) is 24.4 Å². The SMILES string of the molecule is CN1C=C(c2ccc(F)c(C#N)c2)ON1. The maximum atomic E-state index is 13.0. The third-order valence-corrected chi connectivity index (χ3v) is 1.98. The fraction of sp³-hybridized carbons (Fsp3) is 0.100. The maximum Gasteiger partial charge on any atom is 0.174 e. The molecule has 0 radical (unpaired) electrons. The second kappa shape index (κ2) is 3.59. The molecule has 76 valence electrons. The molecule has 1 aliphatic rings.